The third-order valence-electron chi connectivity index (χ3n) is 4.89. The van der Waals surface area contributed by atoms with Gasteiger partial charge in [0.1, 0.15) is 23.3 Å². The number of nitrogens with zero attached hydrogens (tertiary/aromatic N) is 7. The molecule has 0 spiro atoms. The number of fused-ring (bicyclic) bond motifs is 1. The molecular weight excluding hydrogens is 350 g/mol. The minimum absolute atomic E-state index is 0.329. The summed E-state index contributed by atoms with van der Waals surface area (Å²) in [6.45, 7) is 3.02. The van der Waals surface area contributed by atoms with Crippen molar-refractivity contribution in [3.8, 4) is 17.3 Å². The van der Waals surface area contributed by atoms with E-state index in [2.05, 4.69) is 21.1 Å². The summed E-state index contributed by atoms with van der Waals surface area (Å²) in [6, 6.07) is 4.24. The molecule has 3 aromatic heterocycles. The molecule has 0 saturated carbocycles. The Morgan fingerprint density at radius 1 is 1.38 bits per heavy atom. The van der Waals surface area contributed by atoms with Crippen LogP contribution < -0.4 is 0 Å². The average Bonchev–Trinajstić information content (AvgIpc) is 3.25. The van der Waals surface area contributed by atoms with Crippen molar-refractivity contribution in [1.29, 1.82) is 5.26 Å². The summed E-state index contributed by atoms with van der Waals surface area (Å²) in [7, 11) is 1.95. The second kappa shape index (κ2) is 6.39. The van der Waals surface area contributed by atoms with Crippen LogP contribution >= 0.6 is 0 Å². The molecule has 0 N–H and O–H groups in total. The Morgan fingerprint density at radius 2 is 2.19 bits per heavy atom. The quantitative estimate of drug-likeness (QED) is 0.631. The molecule has 0 amide bonds. The van der Waals surface area contributed by atoms with Crippen molar-refractivity contribution in [2.75, 3.05) is 18.8 Å². The molecule has 26 heavy (non-hydrogen) atoms. The topological polar surface area (TPSA) is 98.6 Å². The fraction of sp³-hybridized carbons (Fsp3) is 0.412. The zero-order valence-corrected chi connectivity index (χ0v) is 15.5. The first-order chi connectivity index (χ1) is 12.6. The molecule has 134 valence electrons. The number of rotatable bonds is 5. The highest BCUT2D eigenvalue weighted by molar-refractivity contribution is 7.89. The van der Waals surface area contributed by atoms with E-state index in [-0.39, 0.29) is 0 Å². The van der Waals surface area contributed by atoms with E-state index < -0.39 is 16.9 Å². The van der Waals surface area contributed by atoms with Crippen LogP contribution in [0.15, 0.2) is 31.0 Å². The molecule has 4 heterocycles. The molecule has 1 aliphatic rings. The maximum absolute atomic E-state index is 12.0. The molecular formula is C17H19N7OS. The Hall–Kier alpha value is -2.41. The number of hydrogen-bond acceptors (Lipinski definition) is 6. The monoisotopic (exact) mass is 369 g/mol. The van der Waals surface area contributed by atoms with Gasteiger partial charge >= 0.3 is 0 Å². The normalized spacial score (nSPS) is 17.8. The van der Waals surface area contributed by atoms with Crippen LogP contribution in [-0.4, -0.2) is 52.0 Å². The van der Waals surface area contributed by atoms with Crippen molar-refractivity contribution in [2.24, 2.45) is 7.05 Å². The number of hydrogen-bond donors (Lipinski definition) is 0. The van der Waals surface area contributed by atoms with Crippen LogP contribution in [0, 0.1) is 11.3 Å². The van der Waals surface area contributed by atoms with Crippen LogP contribution in [0.4, 0.5) is 0 Å². The highest BCUT2D eigenvalue weighted by atomic mass is 32.2. The lowest BCUT2D eigenvalue weighted by Crippen LogP contribution is -2.64. The van der Waals surface area contributed by atoms with Crippen molar-refractivity contribution in [1.82, 2.24) is 28.6 Å². The molecule has 0 aromatic carbocycles. The third kappa shape index (κ3) is 2.58. The van der Waals surface area contributed by atoms with Gasteiger partial charge in [-0.15, -0.1) is 4.31 Å². The first-order valence-electron chi connectivity index (χ1n) is 8.40. The molecule has 0 radical (unpaired) electrons. The Bertz CT molecular complexity index is 983. The van der Waals surface area contributed by atoms with E-state index in [9.17, 15) is 9.81 Å². The van der Waals surface area contributed by atoms with Gasteiger partial charge in [0.25, 0.3) is 0 Å². The minimum atomic E-state index is -0.994. The summed E-state index contributed by atoms with van der Waals surface area (Å²) in [4.78, 5) is 8.75. The van der Waals surface area contributed by atoms with Crippen molar-refractivity contribution in [2.45, 2.75) is 18.9 Å². The summed E-state index contributed by atoms with van der Waals surface area (Å²) < 4.78 is 17.7. The van der Waals surface area contributed by atoms with Gasteiger partial charge in [-0.1, -0.05) is 0 Å². The molecule has 3 aromatic rings. The predicted molar refractivity (Wildman–Crippen MR) is 98.2 cm³/mol. The van der Waals surface area contributed by atoms with Gasteiger partial charge in [0.15, 0.2) is 0 Å². The molecule has 1 unspecified atom stereocenters. The highest BCUT2D eigenvalue weighted by Gasteiger charge is 2.50. The lowest BCUT2D eigenvalue weighted by atomic mass is 9.89. The first-order valence-corrected chi connectivity index (χ1v) is 9.67. The lowest BCUT2D eigenvalue weighted by molar-refractivity contribution is 0.0719. The summed E-state index contributed by atoms with van der Waals surface area (Å²) in [5.74, 6) is 0.583. The summed E-state index contributed by atoms with van der Waals surface area (Å²) >= 11 is -0.994. The van der Waals surface area contributed by atoms with Gasteiger partial charge in [-0.3, -0.25) is 4.68 Å². The molecule has 1 fully saturated rings. The maximum Gasteiger partial charge on any atom is 0.143 e. The molecule has 0 aliphatic carbocycles. The van der Waals surface area contributed by atoms with Crippen LogP contribution in [0.5, 0.6) is 0 Å². The first kappa shape index (κ1) is 17.0. The third-order valence-corrected chi connectivity index (χ3v) is 6.22. The summed E-state index contributed by atoms with van der Waals surface area (Å²) in [6.07, 6.45) is 7.53. The fourth-order valence-corrected chi connectivity index (χ4v) is 4.57. The van der Waals surface area contributed by atoms with Crippen molar-refractivity contribution in [3.05, 3.63) is 31.0 Å². The van der Waals surface area contributed by atoms with E-state index in [1.807, 2.05) is 46.0 Å². The largest absolute Gasteiger partial charge is 0.598 e. The second-order valence-corrected chi connectivity index (χ2v) is 8.26. The summed E-state index contributed by atoms with van der Waals surface area (Å²) in [5, 5.41) is 14.7. The van der Waals surface area contributed by atoms with Crippen LogP contribution in [-0.2, 0) is 23.9 Å². The van der Waals surface area contributed by atoms with Crippen molar-refractivity contribution in [3.63, 3.8) is 0 Å². The van der Waals surface area contributed by atoms with Crippen molar-refractivity contribution < 1.29 is 4.55 Å². The molecule has 8 nitrogen and oxygen atoms in total. The molecule has 1 aliphatic heterocycles. The lowest BCUT2D eigenvalue weighted by Gasteiger charge is -2.47. The molecule has 9 heteroatoms. The Kier molecular flexibility index (Phi) is 4.19. The predicted octanol–water partition coefficient (Wildman–Crippen LogP) is 1.44. The van der Waals surface area contributed by atoms with E-state index in [0.717, 1.165) is 22.3 Å². The van der Waals surface area contributed by atoms with Crippen LogP contribution in [0.3, 0.4) is 0 Å². The van der Waals surface area contributed by atoms with Crippen LogP contribution in [0.2, 0.25) is 0 Å². The van der Waals surface area contributed by atoms with Crippen LogP contribution in [0.1, 0.15) is 13.3 Å². The van der Waals surface area contributed by atoms with Gasteiger partial charge in [-0.2, -0.15) is 10.4 Å². The van der Waals surface area contributed by atoms with E-state index in [0.29, 0.717) is 25.3 Å². The maximum atomic E-state index is 12.0. The highest BCUT2D eigenvalue weighted by Crippen LogP contribution is 2.35. The van der Waals surface area contributed by atoms with Crippen molar-refractivity contribution >= 4 is 22.4 Å². The Balaban J connectivity index is 1.68. The Labute approximate surface area is 154 Å². The molecule has 0 bridgehead atoms. The minimum Gasteiger partial charge on any atom is -0.598 e. The van der Waals surface area contributed by atoms with Gasteiger partial charge in [0, 0.05) is 41.8 Å². The summed E-state index contributed by atoms with van der Waals surface area (Å²) in [5.41, 5.74) is 2.14. The zero-order chi connectivity index (χ0) is 18.3. The van der Waals surface area contributed by atoms with E-state index in [1.165, 1.54) is 0 Å². The molecule has 1 atom stereocenters. The smallest absolute Gasteiger partial charge is 0.143 e. The zero-order valence-electron chi connectivity index (χ0n) is 14.7. The van der Waals surface area contributed by atoms with Gasteiger partial charge in [-0.25, -0.2) is 9.97 Å². The Morgan fingerprint density at radius 3 is 2.92 bits per heavy atom. The molecule has 1 saturated heterocycles. The second-order valence-electron chi connectivity index (χ2n) is 6.53. The van der Waals surface area contributed by atoms with Crippen LogP contribution in [0.25, 0.3) is 22.3 Å². The van der Waals surface area contributed by atoms with Gasteiger partial charge in [0.2, 0.25) is 0 Å². The van der Waals surface area contributed by atoms with E-state index in [1.54, 1.807) is 12.5 Å². The number of nitriles is 1. The average molecular weight is 369 g/mol. The van der Waals surface area contributed by atoms with E-state index >= 15 is 0 Å². The number of aromatic nitrogens is 5. The van der Waals surface area contributed by atoms with Gasteiger partial charge in [-0.05, 0) is 13.0 Å². The van der Waals surface area contributed by atoms with Gasteiger partial charge < -0.3 is 9.12 Å². The fourth-order valence-electron chi connectivity index (χ4n) is 3.43. The molecule has 4 rings (SSSR count). The van der Waals surface area contributed by atoms with E-state index in [4.69, 9.17) is 0 Å². The standard InChI is InChI=1S/C17H19N7OS/c1-3-26(25)23-10-17(11-23,5-6-18)24-9-13(8-21-24)15-14-4-7-22(2)16(14)20-12-19-15/h4,7-9,12H,3,5,10-11H2,1-2H3. The van der Waals surface area contributed by atoms with Gasteiger partial charge in [0.05, 0.1) is 37.5 Å². The number of aryl methyl sites for hydroxylation is 1. The SMILES string of the molecule is CC[S+]([O-])N1CC(CC#N)(n2cc(-c3ncnc4c3ccn4C)cn2)C1.